The first-order valence-corrected chi connectivity index (χ1v) is 8.05. The SMILES string of the molecule is CC1(C)CCCC(C)(C)N1C(=[Se])C(=O)c1ccccc1. The molecule has 0 unspecified atom stereocenters. The van der Waals surface area contributed by atoms with Crippen molar-refractivity contribution in [3.8, 4) is 0 Å². The molecule has 0 radical (unpaired) electrons. The second-order valence-electron chi connectivity index (χ2n) is 6.81. The summed E-state index contributed by atoms with van der Waals surface area (Å²) >= 11 is 3.05. The Labute approximate surface area is 129 Å². The van der Waals surface area contributed by atoms with E-state index in [1.807, 2.05) is 30.3 Å². The Morgan fingerprint density at radius 1 is 1.05 bits per heavy atom. The summed E-state index contributed by atoms with van der Waals surface area (Å²) in [4.78, 5) is 15.0. The van der Waals surface area contributed by atoms with E-state index in [1.54, 1.807) is 0 Å². The third-order valence-corrected chi connectivity index (χ3v) is 4.99. The number of rotatable bonds is 3. The van der Waals surface area contributed by atoms with Crippen LogP contribution in [0.4, 0.5) is 0 Å². The Morgan fingerprint density at radius 2 is 1.55 bits per heavy atom. The van der Waals surface area contributed by atoms with E-state index in [4.69, 9.17) is 0 Å². The Morgan fingerprint density at radius 3 is 2.05 bits per heavy atom. The predicted octanol–water partition coefficient (Wildman–Crippen LogP) is 3.21. The van der Waals surface area contributed by atoms with Gasteiger partial charge in [-0.15, -0.1) is 0 Å². The quantitative estimate of drug-likeness (QED) is 0.624. The van der Waals surface area contributed by atoms with Gasteiger partial charge in [-0.1, -0.05) is 0 Å². The monoisotopic (exact) mass is 337 g/mol. The molecule has 0 aliphatic carbocycles. The molecule has 1 fully saturated rings. The molecule has 108 valence electrons. The van der Waals surface area contributed by atoms with Crippen molar-refractivity contribution >= 4 is 25.9 Å². The number of carbonyl (C=O) groups excluding carboxylic acids is 1. The van der Waals surface area contributed by atoms with Crippen LogP contribution in [0.5, 0.6) is 0 Å². The minimum atomic E-state index is 0.00672. The fourth-order valence-corrected chi connectivity index (χ4v) is 4.65. The molecule has 0 atom stereocenters. The van der Waals surface area contributed by atoms with Crippen molar-refractivity contribution < 1.29 is 4.79 Å². The van der Waals surface area contributed by atoms with E-state index < -0.39 is 0 Å². The van der Waals surface area contributed by atoms with Gasteiger partial charge in [0.25, 0.3) is 0 Å². The Bertz CT molecular complexity index is 503. The van der Waals surface area contributed by atoms with E-state index in [9.17, 15) is 4.79 Å². The van der Waals surface area contributed by atoms with Crippen LogP contribution in [0.2, 0.25) is 0 Å². The first-order chi connectivity index (χ1) is 9.26. The van der Waals surface area contributed by atoms with Crippen molar-refractivity contribution in [2.24, 2.45) is 0 Å². The summed E-state index contributed by atoms with van der Waals surface area (Å²) in [6.07, 6.45) is 3.44. The number of hydrogen-bond donors (Lipinski definition) is 0. The van der Waals surface area contributed by atoms with E-state index in [-0.39, 0.29) is 16.9 Å². The zero-order valence-corrected chi connectivity index (χ0v) is 14.5. The number of Topliss-reactive ketones (excluding diaryl/α,β-unsaturated/α-hetero) is 1. The van der Waals surface area contributed by atoms with Crippen molar-refractivity contribution in [2.75, 3.05) is 0 Å². The number of piperidine rings is 1. The van der Waals surface area contributed by atoms with Crippen LogP contribution in [-0.4, -0.2) is 41.9 Å². The third-order valence-electron chi connectivity index (χ3n) is 4.22. The summed E-state index contributed by atoms with van der Waals surface area (Å²) in [5, 5.41) is 0. The number of likely N-dealkylation sites (tertiary alicyclic amines) is 1. The Hall–Kier alpha value is -0.921. The average Bonchev–Trinajstić information content (AvgIpc) is 2.36. The Balaban J connectivity index is 2.33. The first-order valence-electron chi connectivity index (χ1n) is 7.20. The van der Waals surface area contributed by atoms with Gasteiger partial charge in [0.2, 0.25) is 0 Å². The van der Waals surface area contributed by atoms with Gasteiger partial charge in [-0.2, -0.15) is 0 Å². The van der Waals surface area contributed by atoms with Gasteiger partial charge in [-0.25, -0.2) is 0 Å². The molecule has 0 bridgehead atoms. The Kier molecular flexibility index (Phi) is 4.22. The van der Waals surface area contributed by atoms with Crippen LogP contribution in [0.25, 0.3) is 0 Å². The van der Waals surface area contributed by atoms with Gasteiger partial charge >= 0.3 is 130 Å². The van der Waals surface area contributed by atoms with Crippen LogP contribution < -0.4 is 0 Å². The van der Waals surface area contributed by atoms with Crippen LogP contribution in [0.15, 0.2) is 30.3 Å². The molecule has 20 heavy (non-hydrogen) atoms. The van der Waals surface area contributed by atoms with E-state index in [2.05, 4.69) is 48.2 Å². The molecule has 0 saturated carbocycles. The average molecular weight is 336 g/mol. The van der Waals surface area contributed by atoms with Crippen LogP contribution in [0.1, 0.15) is 57.3 Å². The zero-order valence-electron chi connectivity index (χ0n) is 12.8. The fourth-order valence-electron chi connectivity index (χ4n) is 3.36. The van der Waals surface area contributed by atoms with Gasteiger partial charge in [0.05, 0.1) is 0 Å². The fraction of sp³-hybridized carbons (Fsp3) is 0.529. The van der Waals surface area contributed by atoms with Crippen LogP contribution in [0.3, 0.4) is 0 Å². The number of nitrogens with zero attached hydrogens (tertiary/aromatic N) is 1. The van der Waals surface area contributed by atoms with Crippen LogP contribution in [-0.2, 0) is 0 Å². The van der Waals surface area contributed by atoms with E-state index in [0.29, 0.717) is 0 Å². The van der Waals surface area contributed by atoms with Crippen molar-refractivity contribution in [3.05, 3.63) is 35.9 Å². The molecular weight excluding hydrogens is 313 g/mol. The molecule has 1 saturated heterocycles. The van der Waals surface area contributed by atoms with Crippen molar-refractivity contribution in [1.82, 2.24) is 4.90 Å². The van der Waals surface area contributed by atoms with Crippen molar-refractivity contribution in [2.45, 2.75) is 58.0 Å². The standard InChI is InChI=1S/C17H23NOSe/c1-16(2)11-8-12-17(3,4)18(16)15(20)14(19)13-9-6-5-7-10-13/h5-7,9-10H,8,11-12H2,1-4H3. The molecule has 0 amide bonds. The second kappa shape index (κ2) is 5.46. The second-order valence-corrected chi connectivity index (χ2v) is 7.63. The maximum absolute atomic E-state index is 12.7. The molecule has 1 aliphatic rings. The summed E-state index contributed by atoms with van der Waals surface area (Å²) in [5.74, 6) is 0.0913. The summed E-state index contributed by atoms with van der Waals surface area (Å²) in [7, 11) is 0. The molecule has 1 heterocycles. The topological polar surface area (TPSA) is 20.3 Å². The summed E-state index contributed by atoms with van der Waals surface area (Å²) < 4.78 is 0.742. The normalized spacial score (nSPS) is 20.5. The number of ketones is 1. The molecule has 3 heteroatoms. The van der Waals surface area contributed by atoms with E-state index >= 15 is 0 Å². The predicted molar refractivity (Wildman–Crippen MR) is 85.4 cm³/mol. The summed E-state index contributed by atoms with van der Waals surface area (Å²) in [6.45, 7) is 8.90. The molecule has 2 nitrogen and oxygen atoms in total. The van der Waals surface area contributed by atoms with Gasteiger partial charge in [-0.3, -0.25) is 0 Å². The summed E-state index contributed by atoms with van der Waals surface area (Å²) in [6, 6.07) is 9.51. The van der Waals surface area contributed by atoms with Gasteiger partial charge in [0.1, 0.15) is 0 Å². The zero-order chi connectivity index (χ0) is 15.0. The number of carbonyl (C=O) groups is 1. The summed E-state index contributed by atoms with van der Waals surface area (Å²) in [5.41, 5.74) is 0.762. The van der Waals surface area contributed by atoms with E-state index in [0.717, 1.165) is 22.9 Å². The van der Waals surface area contributed by atoms with Crippen LogP contribution >= 0.6 is 0 Å². The molecular formula is C17H23NOSe. The molecule has 1 aromatic rings. The maximum atomic E-state index is 12.7. The molecule has 0 spiro atoms. The van der Waals surface area contributed by atoms with Crippen molar-refractivity contribution in [3.63, 3.8) is 0 Å². The van der Waals surface area contributed by atoms with E-state index in [1.165, 1.54) is 6.42 Å². The molecule has 2 rings (SSSR count). The molecule has 0 N–H and O–H groups in total. The number of benzene rings is 1. The molecule has 1 aromatic carbocycles. The van der Waals surface area contributed by atoms with Gasteiger partial charge in [-0.05, 0) is 0 Å². The van der Waals surface area contributed by atoms with Crippen molar-refractivity contribution in [1.29, 1.82) is 0 Å². The first kappa shape index (κ1) is 15.5. The minimum absolute atomic E-state index is 0.00672. The molecule has 0 aromatic heterocycles. The molecule has 1 aliphatic heterocycles. The van der Waals surface area contributed by atoms with Gasteiger partial charge in [0, 0.05) is 0 Å². The van der Waals surface area contributed by atoms with Gasteiger partial charge in [0.15, 0.2) is 0 Å². The third kappa shape index (κ3) is 2.89. The van der Waals surface area contributed by atoms with Gasteiger partial charge < -0.3 is 0 Å². The van der Waals surface area contributed by atoms with Crippen LogP contribution in [0, 0.1) is 0 Å². The number of hydrogen-bond acceptors (Lipinski definition) is 2.